The molecule has 4 amide bonds. The van der Waals surface area contributed by atoms with E-state index in [0.717, 1.165) is 47.9 Å². The molecule has 5 rings (SSSR count). The number of urea groups is 1. The van der Waals surface area contributed by atoms with Gasteiger partial charge in [0.05, 0.1) is 6.54 Å². The zero-order chi connectivity index (χ0) is 24.5. The van der Waals surface area contributed by atoms with Crippen molar-refractivity contribution in [3.8, 4) is 5.75 Å². The molecule has 0 unspecified atom stereocenters. The van der Waals surface area contributed by atoms with Crippen molar-refractivity contribution in [3.05, 3.63) is 70.9 Å². The molecule has 2 fully saturated rings. The van der Waals surface area contributed by atoms with Gasteiger partial charge in [0.1, 0.15) is 17.9 Å². The summed E-state index contributed by atoms with van der Waals surface area (Å²) in [5.74, 6) is -0.335. The third-order valence-corrected chi connectivity index (χ3v) is 7.02. The Balaban J connectivity index is 1.41. The molecule has 35 heavy (non-hydrogen) atoms. The summed E-state index contributed by atoms with van der Waals surface area (Å²) in [7, 11) is 0. The van der Waals surface area contributed by atoms with E-state index in [-0.39, 0.29) is 11.6 Å². The molecule has 2 heterocycles. The minimum atomic E-state index is -0.649. The molecule has 2 aliphatic rings. The first-order chi connectivity index (χ1) is 16.9. The average molecular weight is 472 g/mol. The Morgan fingerprint density at radius 1 is 1.03 bits per heavy atom. The smallest absolute Gasteiger partial charge is 0.331 e. The molecule has 1 aliphatic carbocycles. The van der Waals surface area contributed by atoms with E-state index >= 15 is 0 Å². The van der Waals surface area contributed by atoms with E-state index in [1.54, 1.807) is 6.08 Å². The third kappa shape index (κ3) is 4.46. The van der Waals surface area contributed by atoms with E-state index in [2.05, 4.69) is 23.7 Å². The first-order valence-corrected chi connectivity index (χ1v) is 12.1. The number of carbonyl (C=O) groups is 3. The van der Waals surface area contributed by atoms with Gasteiger partial charge in [-0.2, -0.15) is 0 Å². The highest BCUT2D eigenvalue weighted by atomic mass is 16.5. The van der Waals surface area contributed by atoms with Gasteiger partial charge in [-0.3, -0.25) is 19.8 Å². The zero-order valence-corrected chi connectivity index (χ0v) is 20.0. The van der Waals surface area contributed by atoms with Crippen molar-refractivity contribution in [3.63, 3.8) is 0 Å². The number of nitrogens with zero attached hydrogens (tertiary/aromatic N) is 2. The molecule has 0 radical (unpaired) electrons. The van der Waals surface area contributed by atoms with E-state index in [1.807, 2.05) is 48.7 Å². The minimum absolute atomic E-state index is 0.00853. The Kier molecular flexibility index (Phi) is 6.16. The Bertz CT molecular complexity index is 1350. The molecule has 2 aromatic carbocycles. The molecule has 1 aliphatic heterocycles. The fourth-order valence-electron chi connectivity index (χ4n) is 4.96. The van der Waals surface area contributed by atoms with Crippen molar-refractivity contribution < 1.29 is 19.1 Å². The summed E-state index contributed by atoms with van der Waals surface area (Å²) < 4.78 is 8.04. The second-order valence-electron chi connectivity index (χ2n) is 9.32. The lowest BCUT2D eigenvalue weighted by molar-refractivity contribution is -0.131. The van der Waals surface area contributed by atoms with Gasteiger partial charge in [-0.25, -0.2) is 4.79 Å². The molecule has 1 saturated carbocycles. The number of aromatic nitrogens is 1. The summed E-state index contributed by atoms with van der Waals surface area (Å²) in [6.45, 7) is 5.21. The van der Waals surface area contributed by atoms with Crippen molar-refractivity contribution >= 4 is 34.8 Å². The lowest BCUT2D eigenvalue weighted by Gasteiger charge is -2.31. The van der Waals surface area contributed by atoms with Gasteiger partial charge in [0.15, 0.2) is 0 Å². The van der Waals surface area contributed by atoms with Crippen LogP contribution in [-0.4, -0.2) is 40.0 Å². The van der Waals surface area contributed by atoms with Gasteiger partial charge in [-0.05, 0) is 62.1 Å². The van der Waals surface area contributed by atoms with Crippen LogP contribution in [0.15, 0.2) is 54.2 Å². The second kappa shape index (κ2) is 9.41. The average Bonchev–Trinajstić information content (AvgIpc) is 3.48. The maximum Gasteiger partial charge on any atom is 0.331 e. The fraction of sp³-hybridized carbons (Fsp3) is 0.321. The standard InChI is InChI=1S/C28H29N3O4/c1-18-11-12-22(15-19(18)2)35-14-13-30-17-20(23-9-5-6-10-25(23)30)16-24-26(32)29-28(34)31(27(24)33)21-7-3-4-8-21/h5-6,9-12,15-17,21H,3-4,7-8,13-14H2,1-2H3,(H,29,32,34)/b24-16-. The summed E-state index contributed by atoms with van der Waals surface area (Å²) in [4.78, 5) is 39.5. The Morgan fingerprint density at radius 3 is 2.57 bits per heavy atom. The number of hydrogen-bond donors (Lipinski definition) is 1. The van der Waals surface area contributed by atoms with Crippen molar-refractivity contribution in [2.75, 3.05) is 6.61 Å². The van der Waals surface area contributed by atoms with Crippen LogP contribution in [0, 0.1) is 13.8 Å². The van der Waals surface area contributed by atoms with Gasteiger partial charge in [0, 0.05) is 28.7 Å². The topological polar surface area (TPSA) is 80.6 Å². The quantitative estimate of drug-likeness (QED) is 0.416. The molecule has 7 nitrogen and oxygen atoms in total. The number of carbonyl (C=O) groups excluding carboxylic acids is 3. The number of ether oxygens (including phenoxy) is 1. The Hall–Kier alpha value is -3.87. The maximum atomic E-state index is 13.2. The number of fused-ring (bicyclic) bond motifs is 1. The summed E-state index contributed by atoms with van der Waals surface area (Å²) in [5, 5.41) is 3.28. The van der Waals surface area contributed by atoms with Crippen LogP contribution in [0.2, 0.25) is 0 Å². The third-order valence-electron chi connectivity index (χ3n) is 7.02. The van der Waals surface area contributed by atoms with E-state index in [4.69, 9.17) is 4.74 Å². The number of nitrogens with one attached hydrogen (secondary N) is 1. The van der Waals surface area contributed by atoms with E-state index in [9.17, 15) is 14.4 Å². The monoisotopic (exact) mass is 471 g/mol. The molecule has 0 spiro atoms. The number of benzene rings is 2. The number of rotatable bonds is 6. The van der Waals surface area contributed by atoms with Crippen molar-refractivity contribution in [2.24, 2.45) is 0 Å². The van der Waals surface area contributed by atoms with Gasteiger partial charge in [-0.1, -0.05) is 37.1 Å². The molecule has 1 aromatic heterocycles. The van der Waals surface area contributed by atoms with Crippen molar-refractivity contribution in [1.29, 1.82) is 0 Å². The summed E-state index contributed by atoms with van der Waals surface area (Å²) in [5.41, 5.74) is 4.14. The van der Waals surface area contributed by atoms with Crippen LogP contribution in [0.1, 0.15) is 42.4 Å². The fourth-order valence-corrected chi connectivity index (χ4v) is 4.96. The van der Waals surface area contributed by atoms with Gasteiger partial charge < -0.3 is 9.30 Å². The van der Waals surface area contributed by atoms with Crippen molar-refractivity contribution in [1.82, 2.24) is 14.8 Å². The molecule has 1 saturated heterocycles. The van der Waals surface area contributed by atoms with Gasteiger partial charge in [-0.15, -0.1) is 0 Å². The van der Waals surface area contributed by atoms with Gasteiger partial charge >= 0.3 is 6.03 Å². The minimum Gasteiger partial charge on any atom is -0.492 e. The normalized spacial score (nSPS) is 18.1. The van der Waals surface area contributed by atoms with E-state index in [1.165, 1.54) is 16.0 Å². The lowest BCUT2D eigenvalue weighted by atomic mass is 10.0. The lowest BCUT2D eigenvalue weighted by Crippen LogP contribution is -2.57. The highest BCUT2D eigenvalue weighted by Gasteiger charge is 2.40. The Morgan fingerprint density at radius 2 is 1.80 bits per heavy atom. The van der Waals surface area contributed by atoms with Gasteiger partial charge in [0.2, 0.25) is 0 Å². The molecule has 1 N–H and O–H groups in total. The van der Waals surface area contributed by atoms with Crippen LogP contribution in [0.25, 0.3) is 17.0 Å². The van der Waals surface area contributed by atoms with Gasteiger partial charge in [0.25, 0.3) is 11.8 Å². The predicted octanol–water partition coefficient (Wildman–Crippen LogP) is 4.74. The number of imide groups is 2. The number of amides is 4. The summed E-state index contributed by atoms with van der Waals surface area (Å²) in [6.07, 6.45) is 7.05. The molecular weight excluding hydrogens is 442 g/mol. The maximum absolute atomic E-state index is 13.2. The van der Waals surface area contributed by atoms with Crippen LogP contribution < -0.4 is 10.1 Å². The largest absolute Gasteiger partial charge is 0.492 e. The number of aryl methyl sites for hydroxylation is 2. The predicted molar refractivity (Wildman–Crippen MR) is 134 cm³/mol. The molecular formula is C28H29N3O4. The molecule has 0 atom stereocenters. The van der Waals surface area contributed by atoms with Crippen LogP contribution in [0.5, 0.6) is 5.75 Å². The van der Waals surface area contributed by atoms with E-state index in [0.29, 0.717) is 13.2 Å². The van der Waals surface area contributed by atoms with Crippen LogP contribution in [0.4, 0.5) is 4.79 Å². The highest BCUT2D eigenvalue weighted by Crippen LogP contribution is 2.29. The Labute approximate surface area is 204 Å². The van der Waals surface area contributed by atoms with Crippen LogP contribution >= 0.6 is 0 Å². The van der Waals surface area contributed by atoms with E-state index < -0.39 is 17.8 Å². The first kappa shape index (κ1) is 22.9. The number of hydrogen-bond acceptors (Lipinski definition) is 4. The molecule has 7 heteroatoms. The highest BCUT2D eigenvalue weighted by molar-refractivity contribution is 6.31. The summed E-state index contributed by atoms with van der Waals surface area (Å²) in [6, 6.07) is 13.1. The number of barbiturate groups is 1. The second-order valence-corrected chi connectivity index (χ2v) is 9.32. The summed E-state index contributed by atoms with van der Waals surface area (Å²) >= 11 is 0. The van der Waals surface area contributed by atoms with Crippen LogP contribution in [0.3, 0.4) is 0 Å². The number of para-hydroxylation sites is 1. The molecule has 0 bridgehead atoms. The van der Waals surface area contributed by atoms with Crippen LogP contribution in [-0.2, 0) is 16.1 Å². The van der Waals surface area contributed by atoms with Crippen molar-refractivity contribution in [2.45, 2.75) is 52.1 Å². The first-order valence-electron chi connectivity index (χ1n) is 12.1. The molecule has 180 valence electrons. The molecule has 3 aromatic rings. The SMILES string of the molecule is Cc1ccc(OCCn2cc(/C=C3/C(=O)NC(=O)N(C4CCCC4)C3=O)c3ccccc32)cc1C. The zero-order valence-electron chi connectivity index (χ0n) is 20.0.